The third-order valence-electron chi connectivity index (χ3n) is 1.04. The van der Waals surface area contributed by atoms with E-state index in [9.17, 15) is 8.42 Å². The van der Waals surface area contributed by atoms with Crippen LogP contribution in [-0.4, -0.2) is 13.0 Å². The van der Waals surface area contributed by atoms with E-state index in [1.807, 2.05) is 0 Å². The fourth-order valence-corrected chi connectivity index (χ4v) is 1.09. The molecule has 63 valence electrons. The summed E-state index contributed by atoms with van der Waals surface area (Å²) in [6, 6.07) is 7.42. The van der Waals surface area contributed by atoms with Crippen molar-refractivity contribution in [3.05, 3.63) is 30.3 Å². The summed E-state index contributed by atoms with van der Waals surface area (Å²) in [4.78, 5) is -0.0741. The smallest absolute Gasteiger partial charge is 0.282 e. The van der Waals surface area contributed by atoms with Gasteiger partial charge in [-0.25, -0.2) is 0 Å². The first kappa shape index (κ1) is 11.4. The fourth-order valence-electron chi connectivity index (χ4n) is 0.592. The molecule has 0 aromatic heterocycles. The van der Waals surface area contributed by atoms with Gasteiger partial charge in [0.1, 0.15) is 0 Å². The molecule has 1 radical (unpaired) electrons. The molecule has 5 heteroatoms. The Morgan fingerprint density at radius 2 is 1.55 bits per heavy atom. The van der Waals surface area contributed by atoms with Gasteiger partial charge in [-0.1, -0.05) is 18.2 Å². The van der Waals surface area contributed by atoms with Crippen LogP contribution in [0.25, 0.3) is 0 Å². The molecular weight excluding hydrogens is 311 g/mol. The second-order valence-corrected chi connectivity index (χ2v) is 3.21. The van der Waals surface area contributed by atoms with Crippen LogP contribution in [0, 0.1) is 38.6 Å². The van der Waals surface area contributed by atoms with Crippen molar-refractivity contribution in [1.82, 2.24) is 0 Å². The van der Waals surface area contributed by atoms with Gasteiger partial charge in [-0.2, -0.15) is 8.42 Å². The van der Waals surface area contributed by atoms with E-state index in [4.69, 9.17) is 4.55 Å². The van der Waals surface area contributed by atoms with Crippen molar-refractivity contribution in [2.45, 2.75) is 4.90 Å². The molecule has 0 heterocycles. The maximum atomic E-state index is 10.4. The second kappa shape index (κ2) is 4.44. The van der Waals surface area contributed by atoms with Gasteiger partial charge in [-0.15, -0.1) is 0 Å². The summed E-state index contributed by atoms with van der Waals surface area (Å²) in [5, 5.41) is 0. The van der Waals surface area contributed by atoms with E-state index in [1.165, 1.54) is 12.1 Å². The van der Waals surface area contributed by atoms with Gasteiger partial charge in [-0.05, 0) is 12.1 Å². The Morgan fingerprint density at radius 3 is 1.82 bits per heavy atom. The Labute approximate surface area is 96.0 Å². The van der Waals surface area contributed by atoms with E-state index < -0.39 is 10.1 Å². The summed E-state index contributed by atoms with van der Waals surface area (Å²) in [6.07, 6.45) is 0. The van der Waals surface area contributed by atoms with Crippen molar-refractivity contribution in [2.24, 2.45) is 0 Å². The molecule has 0 aliphatic heterocycles. The summed E-state index contributed by atoms with van der Waals surface area (Å²) >= 11 is 0. The average molecular weight is 317 g/mol. The third kappa shape index (κ3) is 3.55. The van der Waals surface area contributed by atoms with Crippen LogP contribution in [0.3, 0.4) is 0 Å². The average Bonchev–Trinajstić information content (AvgIpc) is 1.88. The van der Waals surface area contributed by atoms with Crippen LogP contribution in [0.4, 0.5) is 0 Å². The van der Waals surface area contributed by atoms with Gasteiger partial charge in [0, 0.05) is 38.6 Å². The topological polar surface area (TPSA) is 54.4 Å². The molecule has 0 aliphatic carbocycles. The van der Waals surface area contributed by atoms with Gasteiger partial charge in [-0.3, -0.25) is 4.55 Å². The van der Waals surface area contributed by atoms with E-state index >= 15 is 0 Å². The van der Waals surface area contributed by atoms with Crippen molar-refractivity contribution < 1.29 is 51.6 Å². The predicted molar refractivity (Wildman–Crippen MR) is 36.3 cm³/mol. The summed E-state index contributed by atoms with van der Waals surface area (Å²) in [5.41, 5.74) is 0. The largest absolute Gasteiger partial charge is 0.294 e. The van der Waals surface area contributed by atoms with Gasteiger partial charge in [0.05, 0.1) is 4.90 Å². The first-order chi connectivity index (χ1) is 4.61. The molecule has 11 heavy (non-hydrogen) atoms. The molecule has 0 amide bonds. The van der Waals surface area contributed by atoms with Gasteiger partial charge < -0.3 is 0 Å². The van der Waals surface area contributed by atoms with Crippen LogP contribution in [0.5, 0.6) is 0 Å². The van der Waals surface area contributed by atoms with Crippen molar-refractivity contribution >= 4 is 10.1 Å². The Balaban J connectivity index is 0.000001000. The molecule has 0 fully saturated rings. The van der Waals surface area contributed by atoms with Crippen molar-refractivity contribution in [1.29, 1.82) is 0 Å². The zero-order valence-corrected chi connectivity index (χ0v) is 8.35. The second-order valence-electron chi connectivity index (χ2n) is 1.79. The molecule has 0 bridgehead atoms. The number of rotatable bonds is 1. The van der Waals surface area contributed by atoms with Crippen LogP contribution in [0.2, 0.25) is 0 Å². The molecule has 0 saturated heterocycles. The van der Waals surface area contributed by atoms with Crippen molar-refractivity contribution in [2.75, 3.05) is 0 Å². The summed E-state index contributed by atoms with van der Waals surface area (Å²) in [6.45, 7) is 0. The molecule has 1 N–H and O–H groups in total. The molecule has 3 nitrogen and oxygen atoms in total. The molecule has 1 aromatic carbocycles. The molecule has 1 rings (SSSR count). The third-order valence-corrected chi connectivity index (χ3v) is 1.91. The molecule has 0 unspecified atom stereocenters. The molecular formula is C6H6O3STb. The van der Waals surface area contributed by atoms with E-state index in [1.54, 1.807) is 18.2 Å². The van der Waals surface area contributed by atoms with Crippen LogP contribution in [0.15, 0.2) is 35.2 Å². The Hall–Kier alpha value is 0.416. The van der Waals surface area contributed by atoms with E-state index in [-0.39, 0.29) is 43.5 Å². The summed E-state index contributed by atoms with van der Waals surface area (Å²) in [5.74, 6) is 0. The minimum atomic E-state index is -4.00. The van der Waals surface area contributed by atoms with Gasteiger partial charge >= 0.3 is 0 Å². The first-order valence-corrected chi connectivity index (χ1v) is 4.07. The molecule has 0 saturated carbocycles. The van der Waals surface area contributed by atoms with Crippen molar-refractivity contribution in [3.8, 4) is 0 Å². The minimum Gasteiger partial charge on any atom is -0.282 e. The standard InChI is InChI=1S/C6H6O3S.Tb/c7-10(8,9)6-4-2-1-3-5-6;/h1-5H,(H,7,8,9);. The maximum absolute atomic E-state index is 10.4. The SMILES string of the molecule is O=S(=O)(O)c1ccccc1.[Tb]. The van der Waals surface area contributed by atoms with Gasteiger partial charge in [0.25, 0.3) is 10.1 Å². The number of benzene rings is 1. The molecule has 0 spiro atoms. The zero-order chi connectivity index (χ0) is 7.61. The van der Waals surface area contributed by atoms with Gasteiger partial charge in [0.15, 0.2) is 0 Å². The fraction of sp³-hybridized carbons (Fsp3) is 0. The molecule has 0 atom stereocenters. The van der Waals surface area contributed by atoms with Crippen LogP contribution >= 0.6 is 0 Å². The normalized spacial score (nSPS) is 10.3. The Kier molecular flexibility index (Phi) is 4.61. The van der Waals surface area contributed by atoms with Crippen LogP contribution in [-0.2, 0) is 10.1 Å². The monoisotopic (exact) mass is 317 g/mol. The van der Waals surface area contributed by atoms with Crippen LogP contribution in [0.1, 0.15) is 0 Å². The van der Waals surface area contributed by atoms with E-state index in [0.29, 0.717) is 0 Å². The molecule has 1 aromatic rings. The van der Waals surface area contributed by atoms with Crippen LogP contribution < -0.4 is 0 Å². The van der Waals surface area contributed by atoms with Crippen molar-refractivity contribution in [3.63, 3.8) is 0 Å². The maximum Gasteiger partial charge on any atom is 0.294 e. The Bertz CT molecular complexity index is 306. The number of hydrogen-bond acceptors (Lipinski definition) is 2. The minimum absolute atomic E-state index is 0. The molecule has 0 aliphatic rings. The quantitative estimate of drug-likeness (QED) is 0.784. The Morgan fingerprint density at radius 1 is 1.09 bits per heavy atom. The number of hydrogen-bond donors (Lipinski definition) is 1. The van der Waals surface area contributed by atoms with E-state index in [0.717, 1.165) is 0 Å². The van der Waals surface area contributed by atoms with E-state index in [2.05, 4.69) is 0 Å². The summed E-state index contributed by atoms with van der Waals surface area (Å²) < 4.78 is 29.2. The van der Waals surface area contributed by atoms with Gasteiger partial charge in [0.2, 0.25) is 0 Å². The zero-order valence-electron chi connectivity index (χ0n) is 5.39. The predicted octanol–water partition coefficient (Wildman–Crippen LogP) is 0.933. The summed E-state index contributed by atoms with van der Waals surface area (Å²) in [7, 11) is -4.00. The first-order valence-electron chi connectivity index (χ1n) is 2.63.